The first-order valence-electron chi connectivity index (χ1n) is 5.90. The number of urea groups is 1. The average molecular weight is 279 g/mol. The third kappa shape index (κ3) is 2.59. The van der Waals surface area contributed by atoms with E-state index in [1.165, 1.54) is 36.3 Å². The highest BCUT2D eigenvalue weighted by Crippen LogP contribution is 2.25. The second-order valence-electron chi connectivity index (χ2n) is 4.20. The van der Waals surface area contributed by atoms with Gasteiger partial charge in [-0.2, -0.15) is 0 Å². The van der Waals surface area contributed by atoms with E-state index in [-0.39, 0.29) is 17.9 Å². The van der Waals surface area contributed by atoms with Crippen molar-refractivity contribution in [3.8, 4) is 0 Å². The molecule has 2 rings (SSSR count). The quantitative estimate of drug-likeness (QED) is 0.455. The van der Waals surface area contributed by atoms with Gasteiger partial charge in [-0.25, -0.2) is 9.69 Å². The lowest BCUT2D eigenvalue weighted by Crippen LogP contribution is -2.34. The Kier molecular flexibility index (Phi) is 3.94. The first-order valence-corrected chi connectivity index (χ1v) is 5.90. The third-order valence-corrected chi connectivity index (χ3v) is 2.90. The number of nitro benzene ring substituents is 1. The van der Waals surface area contributed by atoms with Crippen molar-refractivity contribution < 1.29 is 19.2 Å². The minimum atomic E-state index is -0.572. The molecule has 20 heavy (non-hydrogen) atoms. The van der Waals surface area contributed by atoms with Crippen molar-refractivity contribution in [2.24, 2.45) is 0 Å². The van der Waals surface area contributed by atoms with Gasteiger partial charge in [-0.15, -0.1) is 0 Å². The van der Waals surface area contributed by atoms with E-state index < -0.39 is 16.9 Å². The zero-order valence-corrected chi connectivity index (χ0v) is 10.8. The Bertz CT molecular complexity index is 560. The fraction of sp³-hybridized carbons (Fsp3) is 0.333. The summed E-state index contributed by atoms with van der Waals surface area (Å²) in [6.07, 6.45) is 0. The van der Waals surface area contributed by atoms with Crippen LogP contribution in [0.4, 0.5) is 16.2 Å². The van der Waals surface area contributed by atoms with E-state index in [2.05, 4.69) is 0 Å². The molecule has 1 aliphatic rings. The summed E-state index contributed by atoms with van der Waals surface area (Å²) in [6, 6.07) is 4.94. The molecular formula is C12H13N3O5. The lowest BCUT2D eigenvalue weighted by atomic mass is 10.2. The van der Waals surface area contributed by atoms with Crippen LogP contribution < -0.4 is 4.90 Å². The molecule has 0 radical (unpaired) electrons. The van der Waals surface area contributed by atoms with E-state index in [1.807, 2.05) is 0 Å². The fourth-order valence-corrected chi connectivity index (χ4v) is 1.93. The van der Waals surface area contributed by atoms with Gasteiger partial charge < -0.3 is 9.64 Å². The van der Waals surface area contributed by atoms with Crippen LogP contribution in [-0.4, -0.2) is 48.6 Å². The molecule has 0 aliphatic carbocycles. The van der Waals surface area contributed by atoms with Crippen LogP contribution in [-0.2, 0) is 9.53 Å². The van der Waals surface area contributed by atoms with E-state index in [0.717, 1.165) is 4.90 Å². The smallest absolute Gasteiger partial charge is 0.331 e. The van der Waals surface area contributed by atoms with Gasteiger partial charge in [-0.05, 0) is 6.07 Å². The molecule has 0 atom stereocenters. The summed E-state index contributed by atoms with van der Waals surface area (Å²) < 4.78 is 4.87. The molecule has 0 N–H and O–H groups in total. The Morgan fingerprint density at radius 1 is 1.40 bits per heavy atom. The molecule has 0 aromatic heterocycles. The Hall–Kier alpha value is -2.48. The molecule has 1 aromatic carbocycles. The highest BCUT2D eigenvalue weighted by Gasteiger charge is 2.37. The molecule has 0 bridgehead atoms. The highest BCUT2D eigenvalue weighted by molar-refractivity contribution is 6.19. The van der Waals surface area contributed by atoms with Crippen molar-refractivity contribution in [3.63, 3.8) is 0 Å². The van der Waals surface area contributed by atoms with Gasteiger partial charge in [0, 0.05) is 25.8 Å². The molecule has 0 saturated carbocycles. The molecule has 0 spiro atoms. The number of anilines is 1. The minimum Gasteiger partial charge on any atom is -0.383 e. The number of carbonyl (C=O) groups excluding carboxylic acids is 2. The topological polar surface area (TPSA) is 93.0 Å². The van der Waals surface area contributed by atoms with Gasteiger partial charge in [0.2, 0.25) is 0 Å². The van der Waals surface area contributed by atoms with Crippen LogP contribution >= 0.6 is 0 Å². The zero-order valence-electron chi connectivity index (χ0n) is 10.8. The number of nitrogens with zero attached hydrogens (tertiary/aromatic N) is 3. The van der Waals surface area contributed by atoms with E-state index in [0.29, 0.717) is 13.2 Å². The van der Waals surface area contributed by atoms with Crippen LogP contribution in [0.25, 0.3) is 0 Å². The summed E-state index contributed by atoms with van der Waals surface area (Å²) in [6.45, 7) is 0.569. The van der Waals surface area contributed by atoms with Crippen molar-refractivity contribution in [3.05, 3.63) is 34.4 Å². The fourth-order valence-electron chi connectivity index (χ4n) is 1.93. The maximum Gasteiger partial charge on any atom is 0.331 e. The Balaban J connectivity index is 2.24. The number of amides is 3. The largest absolute Gasteiger partial charge is 0.383 e. The molecular weight excluding hydrogens is 266 g/mol. The van der Waals surface area contributed by atoms with Gasteiger partial charge in [0.15, 0.2) is 0 Å². The van der Waals surface area contributed by atoms with Crippen molar-refractivity contribution >= 4 is 23.3 Å². The summed E-state index contributed by atoms with van der Waals surface area (Å²) in [5, 5.41) is 10.7. The lowest BCUT2D eigenvalue weighted by Gasteiger charge is -2.16. The number of hydrogen-bond donors (Lipinski definition) is 0. The Labute approximate surface area is 114 Å². The molecule has 8 nitrogen and oxygen atoms in total. The second kappa shape index (κ2) is 5.66. The molecule has 1 saturated heterocycles. The van der Waals surface area contributed by atoms with Gasteiger partial charge in [-0.3, -0.25) is 14.9 Å². The number of benzene rings is 1. The molecule has 0 unspecified atom stereocenters. The first-order chi connectivity index (χ1) is 9.54. The maximum absolute atomic E-state index is 12.1. The molecule has 106 valence electrons. The van der Waals surface area contributed by atoms with Crippen LogP contribution in [0.15, 0.2) is 24.3 Å². The molecule has 1 aromatic rings. The second-order valence-corrected chi connectivity index (χ2v) is 4.20. The van der Waals surface area contributed by atoms with Gasteiger partial charge in [0.25, 0.3) is 11.6 Å². The van der Waals surface area contributed by atoms with Crippen LogP contribution in [0.1, 0.15) is 0 Å². The third-order valence-electron chi connectivity index (χ3n) is 2.90. The standard InChI is InChI=1S/C12H13N3O5/c1-20-6-5-13-8-11(16)14(12(13)17)9-3-2-4-10(7-9)15(18)19/h2-4,7H,5-6,8H2,1H3. The molecule has 1 heterocycles. The number of carbonyl (C=O) groups is 2. The summed E-state index contributed by atoms with van der Waals surface area (Å²) in [5.74, 6) is -0.411. The van der Waals surface area contributed by atoms with Crippen LogP contribution in [0.3, 0.4) is 0 Å². The summed E-state index contributed by atoms with van der Waals surface area (Å²) in [7, 11) is 1.50. The monoisotopic (exact) mass is 279 g/mol. The van der Waals surface area contributed by atoms with E-state index in [4.69, 9.17) is 4.74 Å². The van der Waals surface area contributed by atoms with Crippen molar-refractivity contribution in [1.82, 2.24) is 4.90 Å². The summed E-state index contributed by atoms with van der Waals surface area (Å²) >= 11 is 0. The van der Waals surface area contributed by atoms with E-state index in [9.17, 15) is 19.7 Å². The first kappa shape index (κ1) is 13.9. The lowest BCUT2D eigenvalue weighted by molar-refractivity contribution is -0.384. The number of imide groups is 1. The Morgan fingerprint density at radius 3 is 2.80 bits per heavy atom. The van der Waals surface area contributed by atoms with Crippen molar-refractivity contribution in [2.45, 2.75) is 0 Å². The number of rotatable bonds is 5. The van der Waals surface area contributed by atoms with Gasteiger partial charge in [0.1, 0.15) is 6.54 Å². The van der Waals surface area contributed by atoms with Gasteiger partial charge >= 0.3 is 6.03 Å². The van der Waals surface area contributed by atoms with Crippen LogP contribution in [0.5, 0.6) is 0 Å². The molecule has 1 fully saturated rings. The summed E-state index contributed by atoms with van der Waals surface area (Å²) in [5.41, 5.74) is 0.0348. The molecule has 3 amide bonds. The number of nitro groups is 1. The number of non-ortho nitro benzene ring substituents is 1. The predicted molar refractivity (Wildman–Crippen MR) is 69.4 cm³/mol. The average Bonchev–Trinajstić information content (AvgIpc) is 2.71. The van der Waals surface area contributed by atoms with Crippen LogP contribution in [0, 0.1) is 10.1 Å². The predicted octanol–water partition coefficient (Wildman–Crippen LogP) is 1.01. The number of ether oxygens (including phenoxy) is 1. The van der Waals surface area contributed by atoms with E-state index in [1.54, 1.807) is 0 Å². The zero-order chi connectivity index (χ0) is 14.7. The van der Waals surface area contributed by atoms with Gasteiger partial charge in [0.05, 0.1) is 17.2 Å². The highest BCUT2D eigenvalue weighted by atomic mass is 16.6. The summed E-state index contributed by atoms with van der Waals surface area (Å²) in [4.78, 5) is 36.4. The van der Waals surface area contributed by atoms with Crippen molar-refractivity contribution in [2.75, 3.05) is 31.7 Å². The van der Waals surface area contributed by atoms with E-state index >= 15 is 0 Å². The maximum atomic E-state index is 12.1. The Morgan fingerprint density at radius 2 is 2.15 bits per heavy atom. The SMILES string of the molecule is COCCN1CC(=O)N(c2cccc([N+](=O)[O-])c2)C1=O. The van der Waals surface area contributed by atoms with Gasteiger partial charge in [-0.1, -0.05) is 6.07 Å². The number of methoxy groups -OCH3 is 1. The molecule has 8 heteroatoms. The van der Waals surface area contributed by atoms with Crippen LogP contribution in [0.2, 0.25) is 0 Å². The van der Waals surface area contributed by atoms with Crippen molar-refractivity contribution in [1.29, 1.82) is 0 Å². The normalized spacial score (nSPS) is 15.1. The molecule has 1 aliphatic heterocycles. The number of hydrogen-bond acceptors (Lipinski definition) is 5. The minimum absolute atomic E-state index is 0.0507.